The molecule has 1 nitrogen and oxygen atoms in total. The van der Waals surface area contributed by atoms with E-state index in [1.54, 1.807) is 0 Å². The fourth-order valence-electron chi connectivity index (χ4n) is 1.55. The molecule has 0 spiro atoms. The van der Waals surface area contributed by atoms with Crippen LogP contribution in [0.5, 0.6) is 0 Å². The summed E-state index contributed by atoms with van der Waals surface area (Å²) in [6.45, 7) is 0. The number of rotatable bonds is 3. The second-order valence-electron chi connectivity index (χ2n) is 4.10. The molecule has 0 unspecified atom stereocenters. The highest BCUT2D eigenvalue weighted by Crippen LogP contribution is 2.42. The third-order valence-electron chi connectivity index (χ3n) is 2.69. The van der Waals surface area contributed by atoms with E-state index in [-0.39, 0.29) is 0 Å². The van der Waals surface area contributed by atoms with Crippen LogP contribution in [0.25, 0.3) is 0 Å². The van der Waals surface area contributed by atoms with Gasteiger partial charge in [-0.05, 0) is 38.0 Å². The Balaban J connectivity index is 1.72. The van der Waals surface area contributed by atoms with Crippen molar-refractivity contribution in [2.75, 3.05) is 0 Å². The summed E-state index contributed by atoms with van der Waals surface area (Å²) in [4.78, 5) is 4.67. The van der Waals surface area contributed by atoms with Gasteiger partial charge in [-0.25, -0.2) is 4.98 Å². The van der Waals surface area contributed by atoms with Crippen LogP contribution in [0.1, 0.15) is 42.3 Å². The van der Waals surface area contributed by atoms with E-state index in [1.807, 2.05) is 11.3 Å². The summed E-state index contributed by atoms with van der Waals surface area (Å²) in [5.41, 5.74) is 1.37. The largest absolute Gasteiger partial charge is 0.246 e. The number of thiazole rings is 1. The van der Waals surface area contributed by atoms with Gasteiger partial charge in [-0.2, -0.15) is 0 Å². The molecule has 0 amide bonds. The zero-order valence-electron chi connectivity index (χ0n) is 7.12. The average molecular weight is 179 g/mol. The summed E-state index contributed by atoms with van der Waals surface area (Å²) in [5.74, 6) is 1.84. The van der Waals surface area contributed by atoms with E-state index in [0.717, 1.165) is 11.8 Å². The lowest BCUT2D eigenvalue weighted by atomic mass is 10.2. The summed E-state index contributed by atoms with van der Waals surface area (Å²) in [5, 5.41) is 3.68. The smallest absolute Gasteiger partial charge is 0.0959 e. The van der Waals surface area contributed by atoms with Crippen LogP contribution in [0.2, 0.25) is 0 Å². The zero-order valence-corrected chi connectivity index (χ0v) is 7.94. The molecule has 2 aliphatic rings. The highest BCUT2D eigenvalue weighted by atomic mass is 32.1. The zero-order chi connectivity index (χ0) is 7.97. The van der Waals surface area contributed by atoms with Crippen molar-refractivity contribution in [3.63, 3.8) is 0 Å². The van der Waals surface area contributed by atoms with Crippen molar-refractivity contribution in [1.29, 1.82) is 0 Å². The highest BCUT2D eigenvalue weighted by molar-refractivity contribution is 7.09. The summed E-state index contributed by atoms with van der Waals surface area (Å²) in [6, 6.07) is 0. The van der Waals surface area contributed by atoms with E-state index < -0.39 is 0 Å². The Bertz CT molecular complexity index is 284. The van der Waals surface area contributed by atoms with Gasteiger partial charge in [0.1, 0.15) is 0 Å². The molecule has 3 rings (SSSR count). The minimum absolute atomic E-state index is 0.850. The predicted octanol–water partition coefficient (Wildman–Crippen LogP) is 2.97. The number of hydrogen-bond acceptors (Lipinski definition) is 2. The average Bonchev–Trinajstić information content (AvgIpc) is 2.92. The molecule has 2 saturated carbocycles. The summed E-state index contributed by atoms with van der Waals surface area (Å²) >= 11 is 1.88. The lowest BCUT2D eigenvalue weighted by Crippen LogP contribution is -1.87. The molecular weight excluding hydrogens is 166 g/mol. The molecule has 0 N–H and O–H groups in total. The third-order valence-corrected chi connectivity index (χ3v) is 3.75. The molecule has 2 aliphatic carbocycles. The number of aromatic nitrogens is 1. The van der Waals surface area contributed by atoms with Crippen molar-refractivity contribution in [1.82, 2.24) is 4.98 Å². The van der Waals surface area contributed by atoms with Gasteiger partial charge in [-0.15, -0.1) is 11.3 Å². The standard InChI is InChI=1S/C10H13NS/c1-2-7(1)5-9-6-12-10(11-9)8-3-4-8/h6-8H,1-5H2. The molecule has 0 aromatic carbocycles. The number of hydrogen-bond donors (Lipinski definition) is 0. The van der Waals surface area contributed by atoms with Crippen molar-refractivity contribution < 1.29 is 0 Å². The van der Waals surface area contributed by atoms with Crippen LogP contribution in [0.15, 0.2) is 5.38 Å². The van der Waals surface area contributed by atoms with Crippen molar-refractivity contribution in [2.24, 2.45) is 5.92 Å². The maximum Gasteiger partial charge on any atom is 0.0959 e. The van der Waals surface area contributed by atoms with E-state index in [9.17, 15) is 0 Å². The Labute approximate surface area is 76.8 Å². The van der Waals surface area contributed by atoms with Crippen LogP contribution in [-0.2, 0) is 6.42 Å². The van der Waals surface area contributed by atoms with E-state index in [1.165, 1.54) is 42.8 Å². The third kappa shape index (κ3) is 1.40. The molecule has 1 aromatic rings. The fraction of sp³-hybridized carbons (Fsp3) is 0.700. The Morgan fingerprint density at radius 2 is 2.17 bits per heavy atom. The molecule has 64 valence electrons. The van der Waals surface area contributed by atoms with Crippen molar-refractivity contribution in [3.8, 4) is 0 Å². The molecule has 12 heavy (non-hydrogen) atoms. The summed E-state index contributed by atoms with van der Waals surface area (Å²) in [6.07, 6.45) is 6.91. The molecular formula is C10H13NS. The van der Waals surface area contributed by atoms with E-state index >= 15 is 0 Å². The fourth-order valence-corrected chi connectivity index (χ4v) is 2.56. The second-order valence-corrected chi connectivity index (χ2v) is 4.99. The van der Waals surface area contributed by atoms with Gasteiger partial charge in [0.15, 0.2) is 0 Å². The molecule has 0 bridgehead atoms. The molecule has 0 aliphatic heterocycles. The van der Waals surface area contributed by atoms with Gasteiger partial charge in [0.2, 0.25) is 0 Å². The van der Waals surface area contributed by atoms with E-state index in [0.29, 0.717) is 0 Å². The van der Waals surface area contributed by atoms with Crippen molar-refractivity contribution in [3.05, 3.63) is 16.1 Å². The molecule has 1 aromatic heterocycles. The van der Waals surface area contributed by atoms with Gasteiger partial charge < -0.3 is 0 Å². The summed E-state index contributed by atoms with van der Waals surface area (Å²) in [7, 11) is 0. The van der Waals surface area contributed by atoms with Crippen molar-refractivity contribution in [2.45, 2.75) is 38.0 Å². The Morgan fingerprint density at radius 1 is 1.33 bits per heavy atom. The van der Waals surface area contributed by atoms with Crippen LogP contribution in [0, 0.1) is 5.92 Å². The van der Waals surface area contributed by atoms with E-state index in [2.05, 4.69) is 10.4 Å². The van der Waals surface area contributed by atoms with Gasteiger partial charge in [0.05, 0.1) is 10.7 Å². The Morgan fingerprint density at radius 3 is 2.83 bits per heavy atom. The number of nitrogens with zero attached hydrogens (tertiary/aromatic N) is 1. The molecule has 2 fully saturated rings. The van der Waals surface area contributed by atoms with Gasteiger partial charge in [0, 0.05) is 11.3 Å². The molecule has 1 heterocycles. The van der Waals surface area contributed by atoms with Crippen LogP contribution >= 0.6 is 11.3 Å². The van der Waals surface area contributed by atoms with Crippen molar-refractivity contribution >= 4 is 11.3 Å². The first kappa shape index (κ1) is 7.07. The Hall–Kier alpha value is -0.370. The minimum atomic E-state index is 0.850. The van der Waals surface area contributed by atoms with Gasteiger partial charge in [0.25, 0.3) is 0 Å². The quantitative estimate of drug-likeness (QED) is 0.695. The second kappa shape index (κ2) is 2.56. The lowest BCUT2D eigenvalue weighted by molar-refractivity contribution is 0.804. The van der Waals surface area contributed by atoms with Gasteiger partial charge in [-0.3, -0.25) is 0 Å². The molecule has 0 atom stereocenters. The minimum Gasteiger partial charge on any atom is -0.246 e. The van der Waals surface area contributed by atoms with Crippen LogP contribution in [-0.4, -0.2) is 4.98 Å². The normalized spacial score (nSPS) is 23.0. The van der Waals surface area contributed by atoms with Crippen LogP contribution in [0.3, 0.4) is 0 Å². The molecule has 0 saturated heterocycles. The molecule has 2 heteroatoms. The maximum absolute atomic E-state index is 4.67. The van der Waals surface area contributed by atoms with Gasteiger partial charge in [-0.1, -0.05) is 0 Å². The maximum atomic E-state index is 4.67. The van der Waals surface area contributed by atoms with Crippen LogP contribution in [0.4, 0.5) is 0 Å². The first-order valence-corrected chi connectivity index (χ1v) is 5.74. The lowest BCUT2D eigenvalue weighted by Gasteiger charge is -1.90. The van der Waals surface area contributed by atoms with Gasteiger partial charge >= 0.3 is 0 Å². The van der Waals surface area contributed by atoms with Crippen LogP contribution < -0.4 is 0 Å². The van der Waals surface area contributed by atoms with E-state index in [4.69, 9.17) is 0 Å². The Kier molecular flexibility index (Phi) is 1.51. The summed E-state index contributed by atoms with van der Waals surface area (Å²) < 4.78 is 0. The SMILES string of the molecule is c1sc(C2CC2)nc1CC1CC1. The highest BCUT2D eigenvalue weighted by Gasteiger charge is 2.28. The topological polar surface area (TPSA) is 12.9 Å². The first-order valence-electron chi connectivity index (χ1n) is 4.86. The predicted molar refractivity (Wildman–Crippen MR) is 50.5 cm³/mol. The molecule has 0 radical (unpaired) electrons. The first-order chi connectivity index (χ1) is 5.92. The monoisotopic (exact) mass is 179 g/mol.